The largest absolute Gasteiger partial charge is 0.491 e. The number of nitrogens with zero attached hydrogens (tertiary/aromatic N) is 1. The Kier molecular flexibility index (Phi) is 4.84. The smallest absolute Gasteiger partial charge is 0.391 e. The molecule has 0 bridgehead atoms. The topological polar surface area (TPSA) is 42.4 Å². The third-order valence-corrected chi connectivity index (χ3v) is 3.45. The van der Waals surface area contributed by atoms with Crippen LogP contribution in [0, 0.1) is 6.92 Å². The van der Waals surface area contributed by atoms with Crippen LogP contribution in [0.5, 0.6) is 5.75 Å². The Labute approximate surface area is 124 Å². The molecular formula is C14H14F3NO2S. The number of benzene rings is 1. The van der Waals surface area contributed by atoms with E-state index in [0.29, 0.717) is 5.75 Å². The third-order valence-electron chi connectivity index (χ3n) is 2.68. The number of rotatable bonds is 5. The lowest BCUT2D eigenvalue weighted by Gasteiger charge is -2.14. The van der Waals surface area contributed by atoms with E-state index in [2.05, 4.69) is 4.98 Å². The van der Waals surface area contributed by atoms with Gasteiger partial charge in [-0.1, -0.05) is 0 Å². The van der Waals surface area contributed by atoms with Crippen molar-refractivity contribution in [2.45, 2.75) is 25.6 Å². The van der Waals surface area contributed by atoms with E-state index in [4.69, 9.17) is 4.74 Å². The first kappa shape index (κ1) is 15.8. The standard InChI is InChI=1S/C14H14F3NO2S/c1-9-18-13(8-21-9)10-2-4-12(5-3-10)20-7-11(19)6-14(15,16)17/h2-5,8,11,19H,6-7H2,1H3/t11-/m1/s1. The molecule has 2 rings (SSSR count). The minimum atomic E-state index is -4.39. The minimum absolute atomic E-state index is 0.394. The fourth-order valence-electron chi connectivity index (χ4n) is 1.74. The summed E-state index contributed by atoms with van der Waals surface area (Å²) < 4.78 is 41.3. The Morgan fingerprint density at radius 2 is 1.95 bits per heavy atom. The van der Waals surface area contributed by atoms with Gasteiger partial charge in [0.15, 0.2) is 0 Å². The summed E-state index contributed by atoms with van der Waals surface area (Å²) in [6, 6.07) is 6.84. The molecule has 0 aliphatic heterocycles. The molecule has 1 aromatic heterocycles. The van der Waals surface area contributed by atoms with Gasteiger partial charge < -0.3 is 9.84 Å². The fraction of sp³-hybridized carbons (Fsp3) is 0.357. The summed E-state index contributed by atoms with van der Waals surface area (Å²) in [6.45, 7) is 1.52. The number of aliphatic hydroxyl groups is 1. The van der Waals surface area contributed by atoms with Crippen LogP contribution in [0.4, 0.5) is 13.2 Å². The molecule has 1 heterocycles. The Balaban J connectivity index is 1.91. The van der Waals surface area contributed by atoms with Crippen LogP contribution in [0.1, 0.15) is 11.4 Å². The number of hydrogen-bond donors (Lipinski definition) is 1. The van der Waals surface area contributed by atoms with Crippen molar-refractivity contribution in [1.29, 1.82) is 0 Å². The second-order valence-corrected chi connectivity index (χ2v) is 5.62. The van der Waals surface area contributed by atoms with Gasteiger partial charge >= 0.3 is 6.18 Å². The van der Waals surface area contributed by atoms with Crippen LogP contribution in [0.2, 0.25) is 0 Å². The number of halogens is 3. The van der Waals surface area contributed by atoms with Crippen molar-refractivity contribution in [1.82, 2.24) is 4.98 Å². The molecule has 0 amide bonds. The Bertz CT molecular complexity index is 581. The lowest BCUT2D eigenvalue weighted by Crippen LogP contribution is -2.25. The normalized spacial score (nSPS) is 13.2. The SMILES string of the molecule is Cc1nc(-c2ccc(OC[C@H](O)CC(F)(F)F)cc2)cs1. The van der Waals surface area contributed by atoms with Gasteiger partial charge in [-0.2, -0.15) is 13.2 Å². The van der Waals surface area contributed by atoms with Crippen LogP contribution < -0.4 is 4.74 Å². The first-order chi connectivity index (χ1) is 9.83. The molecule has 0 saturated heterocycles. The minimum Gasteiger partial charge on any atom is -0.491 e. The zero-order valence-electron chi connectivity index (χ0n) is 11.2. The van der Waals surface area contributed by atoms with Gasteiger partial charge in [-0.3, -0.25) is 0 Å². The molecule has 1 aromatic carbocycles. The van der Waals surface area contributed by atoms with Gasteiger partial charge in [0.1, 0.15) is 12.4 Å². The average molecular weight is 317 g/mol. The highest BCUT2D eigenvalue weighted by molar-refractivity contribution is 7.09. The summed E-state index contributed by atoms with van der Waals surface area (Å²) in [6.07, 6.45) is -7.23. The van der Waals surface area contributed by atoms with Crippen molar-refractivity contribution in [2.75, 3.05) is 6.61 Å². The highest BCUT2D eigenvalue weighted by Crippen LogP contribution is 2.25. The van der Waals surface area contributed by atoms with Gasteiger partial charge in [0.05, 0.1) is 23.2 Å². The number of alkyl halides is 3. The summed E-state index contributed by atoms with van der Waals surface area (Å²) in [5.41, 5.74) is 1.75. The summed E-state index contributed by atoms with van der Waals surface area (Å²) >= 11 is 1.54. The maximum atomic E-state index is 12.1. The van der Waals surface area contributed by atoms with Crippen LogP contribution in [0.25, 0.3) is 11.3 Å². The molecule has 3 nitrogen and oxygen atoms in total. The Hall–Kier alpha value is -1.60. The molecule has 1 atom stereocenters. The van der Waals surface area contributed by atoms with Crippen molar-refractivity contribution < 1.29 is 23.0 Å². The second-order valence-electron chi connectivity index (χ2n) is 4.56. The third kappa shape index (κ3) is 5.02. The number of aryl methyl sites for hydroxylation is 1. The molecule has 0 radical (unpaired) electrons. The molecule has 2 aromatic rings. The number of aliphatic hydroxyl groups excluding tert-OH is 1. The van der Waals surface area contributed by atoms with Gasteiger partial charge in [-0.05, 0) is 31.2 Å². The predicted molar refractivity (Wildman–Crippen MR) is 74.5 cm³/mol. The summed E-state index contributed by atoms with van der Waals surface area (Å²) in [7, 11) is 0. The summed E-state index contributed by atoms with van der Waals surface area (Å²) in [5.74, 6) is 0.409. The first-order valence-electron chi connectivity index (χ1n) is 6.24. The number of aromatic nitrogens is 1. The maximum absolute atomic E-state index is 12.1. The molecule has 114 valence electrons. The van der Waals surface area contributed by atoms with E-state index < -0.39 is 25.3 Å². The predicted octanol–water partition coefficient (Wildman–Crippen LogP) is 3.81. The van der Waals surface area contributed by atoms with Crippen molar-refractivity contribution in [2.24, 2.45) is 0 Å². The van der Waals surface area contributed by atoms with Crippen LogP contribution >= 0.6 is 11.3 Å². The van der Waals surface area contributed by atoms with Gasteiger partial charge in [0, 0.05) is 10.9 Å². The lowest BCUT2D eigenvalue weighted by atomic mass is 10.2. The first-order valence-corrected chi connectivity index (χ1v) is 7.11. The summed E-state index contributed by atoms with van der Waals surface area (Å²) in [5, 5.41) is 12.1. The van der Waals surface area contributed by atoms with Crippen molar-refractivity contribution in [3.63, 3.8) is 0 Å². The van der Waals surface area contributed by atoms with Crippen molar-refractivity contribution in [3.8, 4) is 17.0 Å². The van der Waals surface area contributed by atoms with Crippen LogP contribution in [0.3, 0.4) is 0 Å². The van der Waals surface area contributed by atoms with E-state index in [-0.39, 0.29) is 0 Å². The second kappa shape index (κ2) is 6.44. The van der Waals surface area contributed by atoms with Crippen LogP contribution in [0.15, 0.2) is 29.6 Å². The molecule has 0 fully saturated rings. The van der Waals surface area contributed by atoms with Crippen molar-refractivity contribution >= 4 is 11.3 Å². The maximum Gasteiger partial charge on any atom is 0.391 e. The zero-order valence-corrected chi connectivity index (χ0v) is 12.0. The Morgan fingerprint density at radius 3 is 2.48 bits per heavy atom. The average Bonchev–Trinajstić information content (AvgIpc) is 2.82. The molecular weight excluding hydrogens is 303 g/mol. The van der Waals surface area contributed by atoms with Crippen LogP contribution in [-0.4, -0.2) is 29.0 Å². The van der Waals surface area contributed by atoms with E-state index >= 15 is 0 Å². The molecule has 0 aliphatic carbocycles. The zero-order chi connectivity index (χ0) is 15.5. The molecule has 0 spiro atoms. The van der Waals surface area contributed by atoms with E-state index in [9.17, 15) is 18.3 Å². The monoisotopic (exact) mass is 317 g/mol. The van der Waals surface area contributed by atoms with Crippen LogP contribution in [-0.2, 0) is 0 Å². The van der Waals surface area contributed by atoms with Gasteiger partial charge in [0.2, 0.25) is 0 Å². The number of ether oxygens (including phenoxy) is 1. The van der Waals surface area contributed by atoms with Crippen molar-refractivity contribution in [3.05, 3.63) is 34.7 Å². The van der Waals surface area contributed by atoms with Gasteiger partial charge in [-0.15, -0.1) is 11.3 Å². The van der Waals surface area contributed by atoms with E-state index in [1.54, 1.807) is 35.6 Å². The highest BCUT2D eigenvalue weighted by atomic mass is 32.1. The van der Waals surface area contributed by atoms with E-state index in [1.807, 2.05) is 12.3 Å². The van der Waals surface area contributed by atoms with Gasteiger partial charge in [-0.25, -0.2) is 4.98 Å². The molecule has 1 N–H and O–H groups in total. The lowest BCUT2D eigenvalue weighted by molar-refractivity contribution is -0.156. The van der Waals surface area contributed by atoms with Gasteiger partial charge in [0.25, 0.3) is 0 Å². The van der Waals surface area contributed by atoms with E-state index in [1.165, 1.54) is 0 Å². The number of thiazole rings is 1. The number of hydrogen-bond acceptors (Lipinski definition) is 4. The molecule has 21 heavy (non-hydrogen) atoms. The Morgan fingerprint density at radius 1 is 1.29 bits per heavy atom. The quantitative estimate of drug-likeness (QED) is 0.912. The summed E-state index contributed by atoms with van der Waals surface area (Å²) in [4.78, 5) is 4.34. The highest BCUT2D eigenvalue weighted by Gasteiger charge is 2.31. The molecule has 0 saturated carbocycles. The molecule has 0 aliphatic rings. The molecule has 7 heteroatoms. The van der Waals surface area contributed by atoms with E-state index in [0.717, 1.165) is 16.3 Å². The fourth-order valence-corrected chi connectivity index (χ4v) is 2.36. The molecule has 0 unspecified atom stereocenters.